The van der Waals surface area contributed by atoms with Crippen LogP contribution in [0.2, 0.25) is 0 Å². The lowest BCUT2D eigenvalue weighted by molar-refractivity contribution is -0.143. The van der Waals surface area contributed by atoms with E-state index in [1.165, 1.54) is 0 Å². The number of Topliss-reactive ketones (excluding diaryl/α,β-unsaturated/α-hetero) is 1. The lowest BCUT2D eigenvalue weighted by atomic mass is 9.69. The van der Waals surface area contributed by atoms with Gasteiger partial charge in [0, 0.05) is 24.2 Å². The van der Waals surface area contributed by atoms with Gasteiger partial charge in [0.2, 0.25) is 0 Å². The van der Waals surface area contributed by atoms with Crippen molar-refractivity contribution < 1.29 is 14.3 Å². The van der Waals surface area contributed by atoms with E-state index in [1.807, 2.05) is 0 Å². The zero-order valence-electron chi connectivity index (χ0n) is 15.1. The van der Waals surface area contributed by atoms with Crippen LogP contribution in [-0.4, -0.2) is 23.9 Å². The van der Waals surface area contributed by atoms with E-state index in [4.69, 9.17) is 10.3 Å². The first kappa shape index (κ1) is 20.5. The maximum Gasteiger partial charge on any atom is 0.305 e. The predicted octanol–water partition coefficient (Wildman–Crippen LogP) is 5.11. The van der Waals surface area contributed by atoms with E-state index in [9.17, 15) is 9.59 Å². The highest BCUT2D eigenvalue weighted by molar-refractivity contribution is 5.78. The van der Waals surface area contributed by atoms with Gasteiger partial charge in [0.15, 0.2) is 0 Å². The van der Waals surface area contributed by atoms with E-state index in [0.29, 0.717) is 31.7 Å². The van der Waals surface area contributed by atoms with Crippen LogP contribution < -0.4 is 0 Å². The summed E-state index contributed by atoms with van der Waals surface area (Å²) in [7, 11) is 0. The summed E-state index contributed by atoms with van der Waals surface area (Å²) in [6, 6.07) is 0. The number of ketones is 1. The highest BCUT2D eigenvalue weighted by Gasteiger charge is 2.40. The minimum absolute atomic E-state index is 0.183. The second-order valence-corrected chi connectivity index (χ2v) is 6.72. The molecule has 0 bridgehead atoms. The molecule has 136 valence electrons. The van der Waals surface area contributed by atoms with Crippen molar-refractivity contribution in [2.45, 2.75) is 90.0 Å². The molecular weight excluding hydrogens is 306 g/mol. The summed E-state index contributed by atoms with van der Waals surface area (Å²) < 4.78 is 5.01. The van der Waals surface area contributed by atoms with Crippen LogP contribution in [-0.2, 0) is 14.3 Å². The number of rotatable bonds is 11. The van der Waals surface area contributed by atoms with Gasteiger partial charge in [0.25, 0.3) is 0 Å². The molecular formula is C18H31N3O3. The fraction of sp³-hybridized carbons (Fsp3) is 0.889. The summed E-state index contributed by atoms with van der Waals surface area (Å²) in [6.45, 7) is 4.23. The van der Waals surface area contributed by atoms with Gasteiger partial charge < -0.3 is 4.74 Å². The molecule has 24 heavy (non-hydrogen) atoms. The van der Waals surface area contributed by atoms with Crippen LogP contribution in [0.15, 0.2) is 5.11 Å². The normalized spacial score (nSPS) is 23.3. The fourth-order valence-electron chi connectivity index (χ4n) is 3.69. The molecule has 1 fully saturated rings. The first-order valence-corrected chi connectivity index (χ1v) is 9.31. The Morgan fingerprint density at radius 1 is 1.25 bits per heavy atom. The first-order valence-electron chi connectivity index (χ1n) is 9.31. The van der Waals surface area contributed by atoms with E-state index in [-0.39, 0.29) is 18.3 Å². The van der Waals surface area contributed by atoms with Gasteiger partial charge >= 0.3 is 5.97 Å². The van der Waals surface area contributed by atoms with E-state index in [0.717, 1.165) is 44.9 Å². The van der Waals surface area contributed by atoms with Gasteiger partial charge in [-0.05, 0) is 50.5 Å². The van der Waals surface area contributed by atoms with Crippen molar-refractivity contribution in [2.24, 2.45) is 11.0 Å². The number of unbranched alkanes of at least 4 members (excludes halogenated alkanes) is 1. The fourth-order valence-corrected chi connectivity index (χ4v) is 3.69. The van der Waals surface area contributed by atoms with Gasteiger partial charge in [-0.15, -0.1) is 0 Å². The molecule has 0 radical (unpaired) electrons. The number of hydrogen-bond acceptors (Lipinski definition) is 4. The molecule has 6 nitrogen and oxygen atoms in total. The molecule has 1 aliphatic carbocycles. The van der Waals surface area contributed by atoms with Crippen molar-refractivity contribution in [1.82, 2.24) is 0 Å². The lowest BCUT2D eigenvalue weighted by Gasteiger charge is -2.41. The van der Waals surface area contributed by atoms with Gasteiger partial charge in [-0.1, -0.05) is 31.3 Å². The second kappa shape index (κ2) is 11.1. The molecule has 1 saturated carbocycles. The standard InChI is InChI=1S/C18H31N3O3/c1-3-5-9-16(22)11-10-15-8-6-7-13-18(15,20-21-19)14-12-17(23)24-4-2/h15H,3-14H2,1-2H3/t15-,18?/m0/s1. The predicted molar refractivity (Wildman–Crippen MR) is 93.5 cm³/mol. The van der Waals surface area contributed by atoms with E-state index >= 15 is 0 Å². The average molecular weight is 337 g/mol. The summed E-state index contributed by atoms with van der Waals surface area (Å²) in [5.74, 6) is 0.234. The Morgan fingerprint density at radius 3 is 2.71 bits per heavy atom. The number of carbonyl (C=O) groups excluding carboxylic acids is 2. The zero-order valence-corrected chi connectivity index (χ0v) is 15.1. The lowest BCUT2D eigenvalue weighted by Crippen LogP contribution is -2.39. The highest BCUT2D eigenvalue weighted by atomic mass is 16.5. The summed E-state index contributed by atoms with van der Waals surface area (Å²) in [4.78, 5) is 26.8. The van der Waals surface area contributed by atoms with Gasteiger partial charge in [-0.25, -0.2) is 0 Å². The molecule has 6 heteroatoms. The minimum Gasteiger partial charge on any atom is -0.466 e. The third-order valence-electron chi connectivity index (χ3n) is 5.06. The van der Waals surface area contributed by atoms with Gasteiger partial charge in [-0.3, -0.25) is 9.59 Å². The quantitative estimate of drug-likeness (QED) is 0.227. The van der Waals surface area contributed by atoms with Crippen molar-refractivity contribution in [1.29, 1.82) is 0 Å². The molecule has 2 atom stereocenters. The van der Waals surface area contributed by atoms with E-state index < -0.39 is 5.54 Å². The Bertz CT molecular complexity index is 460. The van der Waals surface area contributed by atoms with Crippen LogP contribution in [0.25, 0.3) is 10.4 Å². The zero-order chi connectivity index (χ0) is 17.8. The van der Waals surface area contributed by atoms with Gasteiger partial charge in [0.05, 0.1) is 12.1 Å². The molecule has 0 aromatic rings. The van der Waals surface area contributed by atoms with Gasteiger partial charge in [0.1, 0.15) is 5.78 Å². The summed E-state index contributed by atoms with van der Waals surface area (Å²) >= 11 is 0. The smallest absolute Gasteiger partial charge is 0.305 e. The number of carbonyl (C=O) groups is 2. The third kappa shape index (κ3) is 6.52. The van der Waals surface area contributed by atoms with E-state index in [2.05, 4.69) is 16.9 Å². The molecule has 1 rings (SSSR count). The Hall–Kier alpha value is -1.55. The topological polar surface area (TPSA) is 92.1 Å². The summed E-state index contributed by atoms with van der Waals surface area (Å²) in [6.07, 6.45) is 8.55. The third-order valence-corrected chi connectivity index (χ3v) is 5.06. The molecule has 1 aliphatic rings. The largest absolute Gasteiger partial charge is 0.466 e. The Morgan fingerprint density at radius 2 is 2.04 bits per heavy atom. The Kier molecular flexibility index (Phi) is 9.46. The monoisotopic (exact) mass is 337 g/mol. The summed E-state index contributed by atoms with van der Waals surface area (Å²) in [5.41, 5.74) is 8.50. The van der Waals surface area contributed by atoms with Crippen LogP contribution >= 0.6 is 0 Å². The van der Waals surface area contributed by atoms with Crippen molar-refractivity contribution in [3.63, 3.8) is 0 Å². The Balaban J connectivity index is 2.71. The number of hydrogen-bond donors (Lipinski definition) is 0. The van der Waals surface area contributed by atoms with Crippen molar-refractivity contribution in [3.8, 4) is 0 Å². The molecule has 1 unspecified atom stereocenters. The molecule has 0 aromatic heterocycles. The van der Waals surface area contributed by atoms with Crippen LogP contribution in [0.4, 0.5) is 0 Å². The van der Waals surface area contributed by atoms with Crippen molar-refractivity contribution >= 4 is 11.8 Å². The van der Waals surface area contributed by atoms with E-state index in [1.54, 1.807) is 6.92 Å². The molecule has 0 aliphatic heterocycles. The Labute approximate surface area is 145 Å². The summed E-state index contributed by atoms with van der Waals surface area (Å²) in [5, 5.41) is 4.13. The molecule has 0 amide bonds. The number of ether oxygens (including phenoxy) is 1. The van der Waals surface area contributed by atoms with Crippen LogP contribution in [0.3, 0.4) is 0 Å². The SMILES string of the molecule is CCCCC(=O)CC[C@@H]1CCCCC1(CCC(=O)OCC)N=[N+]=[N-]. The number of azide groups is 1. The average Bonchev–Trinajstić information content (AvgIpc) is 2.58. The van der Waals surface area contributed by atoms with Crippen LogP contribution in [0.1, 0.15) is 84.5 Å². The first-order chi connectivity index (χ1) is 11.6. The van der Waals surface area contributed by atoms with Gasteiger partial charge in [-0.2, -0.15) is 0 Å². The maximum absolute atomic E-state index is 12.0. The highest BCUT2D eigenvalue weighted by Crippen LogP contribution is 2.43. The van der Waals surface area contributed by atoms with Crippen LogP contribution in [0.5, 0.6) is 0 Å². The maximum atomic E-state index is 12.0. The minimum atomic E-state index is -0.537. The number of esters is 1. The molecule has 0 saturated heterocycles. The molecule has 0 N–H and O–H groups in total. The second-order valence-electron chi connectivity index (χ2n) is 6.72. The molecule has 0 heterocycles. The van der Waals surface area contributed by atoms with Crippen molar-refractivity contribution in [2.75, 3.05) is 6.61 Å². The molecule has 0 spiro atoms. The van der Waals surface area contributed by atoms with Crippen LogP contribution in [0, 0.1) is 5.92 Å². The molecule has 0 aromatic carbocycles. The number of nitrogens with zero attached hydrogens (tertiary/aromatic N) is 3. The van der Waals surface area contributed by atoms with Crippen molar-refractivity contribution in [3.05, 3.63) is 10.4 Å².